The molecule has 0 aliphatic heterocycles. The number of likely N-dealkylation sites (N-methyl/N-ethyl adjacent to an activating group) is 1. The Kier molecular flexibility index (Phi) is 3.87. The number of halogens is 3. The van der Waals surface area contributed by atoms with Crippen LogP contribution in [0.2, 0.25) is 0 Å². The third-order valence-electron chi connectivity index (χ3n) is 3.97. The lowest BCUT2D eigenvalue weighted by molar-refractivity contribution is -0.137. The Hall–Kier alpha value is -1.07. The lowest BCUT2D eigenvalue weighted by atomic mass is 9.72. The van der Waals surface area contributed by atoms with Crippen molar-refractivity contribution in [2.45, 2.75) is 37.1 Å². The molecule has 1 saturated carbocycles. The molecular formula is C14H18F3NO. The van der Waals surface area contributed by atoms with E-state index in [2.05, 4.69) is 5.32 Å². The van der Waals surface area contributed by atoms with Crippen LogP contribution in [0.5, 0.6) is 0 Å². The first-order valence-corrected chi connectivity index (χ1v) is 6.32. The molecule has 0 heterocycles. The minimum absolute atomic E-state index is 0.214. The highest BCUT2D eigenvalue weighted by atomic mass is 19.4. The van der Waals surface area contributed by atoms with Crippen LogP contribution in [0, 0.1) is 0 Å². The monoisotopic (exact) mass is 273 g/mol. The quantitative estimate of drug-likeness (QED) is 0.906. The van der Waals surface area contributed by atoms with Gasteiger partial charge in [-0.1, -0.05) is 12.1 Å². The molecule has 0 spiro atoms. The normalized spacial score (nSPS) is 19.8. The third kappa shape index (κ3) is 2.62. The van der Waals surface area contributed by atoms with Gasteiger partial charge in [0.1, 0.15) is 0 Å². The molecule has 1 N–H and O–H groups in total. The Balaban J connectivity index is 2.34. The number of nitrogens with one attached hydrogen (secondary N) is 1. The van der Waals surface area contributed by atoms with E-state index in [1.807, 2.05) is 0 Å². The molecule has 1 aliphatic carbocycles. The highest BCUT2D eigenvalue weighted by Gasteiger charge is 2.45. The third-order valence-corrected chi connectivity index (χ3v) is 3.97. The van der Waals surface area contributed by atoms with Crippen molar-refractivity contribution < 1.29 is 17.9 Å². The van der Waals surface area contributed by atoms with Crippen LogP contribution in [0.4, 0.5) is 13.2 Å². The Labute approximate surface area is 111 Å². The van der Waals surface area contributed by atoms with E-state index in [1.54, 1.807) is 20.2 Å². The van der Waals surface area contributed by atoms with E-state index in [1.165, 1.54) is 12.1 Å². The Bertz CT molecular complexity index is 435. The Morgan fingerprint density at radius 2 is 2.00 bits per heavy atom. The molecule has 0 amide bonds. The first-order chi connectivity index (χ1) is 8.93. The molecule has 0 saturated heterocycles. The second kappa shape index (κ2) is 5.13. The number of rotatable bonds is 4. The summed E-state index contributed by atoms with van der Waals surface area (Å²) in [6.07, 6.45) is -1.53. The smallest absolute Gasteiger partial charge is 0.376 e. The van der Waals surface area contributed by atoms with Crippen molar-refractivity contribution in [2.24, 2.45) is 0 Å². The molecule has 0 bridgehead atoms. The second-order valence-corrected chi connectivity index (χ2v) is 4.97. The van der Waals surface area contributed by atoms with Crippen LogP contribution >= 0.6 is 0 Å². The van der Waals surface area contributed by atoms with Crippen molar-refractivity contribution in [1.82, 2.24) is 5.32 Å². The predicted octanol–water partition coefficient (Wildman–Crippen LogP) is 3.54. The molecule has 5 heteroatoms. The minimum Gasteiger partial charge on any atom is -0.376 e. The molecule has 1 atom stereocenters. The largest absolute Gasteiger partial charge is 0.416 e. The fraction of sp³-hybridized carbons (Fsp3) is 0.571. The van der Waals surface area contributed by atoms with Crippen molar-refractivity contribution in [3.05, 3.63) is 35.4 Å². The molecule has 1 fully saturated rings. The van der Waals surface area contributed by atoms with Gasteiger partial charge in [-0.15, -0.1) is 0 Å². The maximum absolute atomic E-state index is 12.8. The van der Waals surface area contributed by atoms with E-state index in [4.69, 9.17) is 4.74 Å². The van der Waals surface area contributed by atoms with Crippen molar-refractivity contribution in [1.29, 1.82) is 0 Å². The van der Waals surface area contributed by atoms with E-state index in [9.17, 15) is 13.2 Å². The first-order valence-electron chi connectivity index (χ1n) is 6.32. The van der Waals surface area contributed by atoms with E-state index in [0.29, 0.717) is 5.56 Å². The summed E-state index contributed by atoms with van der Waals surface area (Å²) in [6, 6.07) is 5.25. The van der Waals surface area contributed by atoms with Gasteiger partial charge in [-0.05, 0) is 44.0 Å². The van der Waals surface area contributed by atoms with Crippen LogP contribution in [0.3, 0.4) is 0 Å². The van der Waals surface area contributed by atoms with Crippen molar-refractivity contribution in [2.75, 3.05) is 14.2 Å². The summed E-state index contributed by atoms with van der Waals surface area (Å²) in [6.45, 7) is 0. The Morgan fingerprint density at radius 1 is 1.32 bits per heavy atom. The van der Waals surface area contributed by atoms with E-state index < -0.39 is 11.7 Å². The summed E-state index contributed by atoms with van der Waals surface area (Å²) in [5, 5.41) is 3.10. The van der Waals surface area contributed by atoms with Gasteiger partial charge in [0.2, 0.25) is 0 Å². The number of ether oxygens (including phenoxy) is 1. The van der Waals surface area contributed by atoms with Gasteiger partial charge < -0.3 is 10.1 Å². The average molecular weight is 273 g/mol. The second-order valence-electron chi connectivity index (χ2n) is 4.97. The maximum Gasteiger partial charge on any atom is 0.416 e. The van der Waals surface area contributed by atoms with Gasteiger partial charge in [0.15, 0.2) is 0 Å². The van der Waals surface area contributed by atoms with Gasteiger partial charge in [-0.3, -0.25) is 0 Å². The zero-order valence-electron chi connectivity index (χ0n) is 11.1. The number of hydrogen-bond donors (Lipinski definition) is 1. The van der Waals surface area contributed by atoms with Crippen LogP contribution in [-0.4, -0.2) is 19.8 Å². The SMILES string of the molecule is CNC(c1cccc(C(F)(F)F)c1)C1(OC)CCC1. The van der Waals surface area contributed by atoms with Crippen LogP contribution < -0.4 is 5.32 Å². The van der Waals surface area contributed by atoms with Gasteiger partial charge in [0.25, 0.3) is 0 Å². The number of hydrogen-bond acceptors (Lipinski definition) is 2. The number of methoxy groups -OCH3 is 1. The summed E-state index contributed by atoms with van der Waals surface area (Å²) < 4.78 is 43.8. The molecule has 1 aromatic carbocycles. The Morgan fingerprint density at radius 3 is 2.42 bits per heavy atom. The lowest BCUT2D eigenvalue weighted by Crippen LogP contribution is -2.49. The van der Waals surface area contributed by atoms with Crippen molar-refractivity contribution >= 4 is 0 Å². The maximum atomic E-state index is 12.8. The van der Waals surface area contributed by atoms with Gasteiger partial charge >= 0.3 is 6.18 Å². The van der Waals surface area contributed by atoms with Crippen LogP contribution in [0.1, 0.15) is 36.4 Å². The van der Waals surface area contributed by atoms with Crippen LogP contribution in [0.25, 0.3) is 0 Å². The summed E-state index contributed by atoms with van der Waals surface area (Å²) in [5.74, 6) is 0. The van der Waals surface area contributed by atoms with E-state index in [-0.39, 0.29) is 11.6 Å². The van der Waals surface area contributed by atoms with Crippen molar-refractivity contribution in [3.8, 4) is 0 Å². The molecule has 19 heavy (non-hydrogen) atoms. The minimum atomic E-state index is -4.31. The van der Waals surface area contributed by atoms with Crippen molar-refractivity contribution in [3.63, 3.8) is 0 Å². The fourth-order valence-corrected chi connectivity index (χ4v) is 2.76. The molecule has 1 aromatic rings. The molecule has 106 valence electrons. The highest BCUT2D eigenvalue weighted by molar-refractivity contribution is 5.30. The highest BCUT2D eigenvalue weighted by Crippen LogP contribution is 2.45. The molecule has 1 unspecified atom stereocenters. The molecule has 1 aliphatic rings. The zero-order valence-corrected chi connectivity index (χ0v) is 11.1. The summed E-state index contributed by atoms with van der Waals surface area (Å²) in [4.78, 5) is 0. The standard InChI is InChI=1S/C14H18F3NO/c1-18-12(13(19-2)7-4-8-13)10-5-3-6-11(9-10)14(15,16)17/h3,5-6,9,12,18H,4,7-8H2,1-2H3. The molecule has 0 aromatic heterocycles. The van der Waals surface area contributed by atoms with E-state index >= 15 is 0 Å². The average Bonchev–Trinajstić information content (AvgIpc) is 2.32. The van der Waals surface area contributed by atoms with Gasteiger partial charge in [-0.2, -0.15) is 13.2 Å². The molecule has 2 nitrogen and oxygen atoms in total. The fourth-order valence-electron chi connectivity index (χ4n) is 2.76. The number of benzene rings is 1. The summed E-state index contributed by atoms with van der Waals surface area (Å²) >= 11 is 0. The lowest BCUT2D eigenvalue weighted by Gasteiger charge is -2.46. The van der Waals surface area contributed by atoms with Gasteiger partial charge in [0.05, 0.1) is 17.2 Å². The summed E-state index contributed by atoms with van der Waals surface area (Å²) in [7, 11) is 3.38. The predicted molar refractivity (Wildman–Crippen MR) is 66.8 cm³/mol. The zero-order chi connectivity index (χ0) is 14.1. The van der Waals surface area contributed by atoms with Gasteiger partial charge in [-0.25, -0.2) is 0 Å². The molecule has 0 radical (unpaired) electrons. The van der Waals surface area contributed by atoms with E-state index in [0.717, 1.165) is 25.3 Å². The first kappa shape index (κ1) is 14.3. The molecular weight excluding hydrogens is 255 g/mol. The molecule has 2 rings (SSSR count). The summed E-state index contributed by atoms with van der Waals surface area (Å²) in [5.41, 5.74) is -0.367. The topological polar surface area (TPSA) is 21.3 Å². The van der Waals surface area contributed by atoms with Gasteiger partial charge in [0, 0.05) is 7.11 Å². The van der Waals surface area contributed by atoms with Crippen LogP contribution in [-0.2, 0) is 10.9 Å². The van der Waals surface area contributed by atoms with Crippen LogP contribution in [0.15, 0.2) is 24.3 Å². The number of alkyl halides is 3.